The van der Waals surface area contributed by atoms with Gasteiger partial charge in [0.15, 0.2) is 5.54 Å². The van der Waals surface area contributed by atoms with Crippen molar-refractivity contribution in [3.05, 3.63) is 95.1 Å². The number of aromatic nitrogens is 1. The number of carbonyl (C=O) groups is 3. The van der Waals surface area contributed by atoms with Crippen LogP contribution in [0.2, 0.25) is 0 Å². The fraction of sp³-hybridized carbons (Fsp3) is 0.167. The van der Waals surface area contributed by atoms with Crippen molar-refractivity contribution in [2.24, 2.45) is 0 Å². The number of imide groups is 1. The van der Waals surface area contributed by atoms with Gasteiger partial charge in [0.2, 0.25) is 0 Å². The standard InChI is InChI=1S/C24H19FN4O4/c25-18-5-3-17(4-6-18)24(22(31)27-23(32)28-24)14-29-12-16-10-19(7-8-20(16)21(29)30)33-13-15-2-1-9-26-11-15/h1-11H,12-14H2,(H2,27,28,31,32)/t24-/m0/s1. The van der Waals surface area contributed by atoms with Gasteiger partial charge in [-0.3, -0.25) is 19.9 Å². The van der Waals surface area contributed by atoms with Gasteiger partial charge in [-0.05, 0) is 47.5 Å². The van der Waals surface area contributed by atoms with Crippen molar-refractivity contribution >= 4 is 17.8 Å². The largest absolute Gasteiger partial charge is 0.489 e. The number of halogens is 1. The minimum atomic E-state index is -1.51. The Hall–Kier alpha value is -4.27. The summed E-state index contributed by atoms with van der Waals surface area (Å²) < 4.78 is 19.3. The van der Waals surface area contributed by atoms with E-state index in [0.29, 0.717) is 23.5 Å². The normalized spacial score (nSPS) is 19.3. The Morgan fingerprint density at radius 3 is 2.61 bits per heavy atom. The van der Waals surface area contributed by atoms with Crippen molar-refractivity contribution in [3.63, 3.8) is 0 Å². The molecule has 9 heteroatoms. The molecule has 2 N–H and O–H groups in total. The van der Waals surface area contributed by atoms with Crippen LogP contribution in [-0.4, -0.2) is 34.3 Å². The highest BCUT2D eigenvalue weighted by Gasteiger charge is 2.50. The zero-order valence-electron chi connectivity index (χ0n) is 17.4. The minimum Gasteiger partial charge on any atom is -0.489 e. The van der Waals surface area contributed by atoms with Crippen LogP contribution in [0, 0.1) is 5.82 Å². The monoisotopic (exact) mass is 446 g/mol. The Morgan fingerprint density at radius 1 is 1.09 bits per heavy atom. The quantitative estimate of drug-likeness (QED) is 0.567. The highest BCUT2D eigenvalue weighted by molar-refractivity contribution is 6.08. The second-order valence-electron chi connectivity index (χ2n) is 7.95. The van der Waals surface area contributed by atoms with E-state index in [2.05, 4.69) is 15.6 Å². The van der Waals surface area contributed by atoms with Crippen LogP contribution in [0.25, 0.3) is 0 Å². The fourth-order valence-electron chi connectivity index (χ4n) is 4.14. The molecule has 3 aromatic rings. The molecule has 2 aromatic carbocycles. The number of amides is 4. The summed E-state index contributed by atoms with van der Waals surface area (Å²) in [4.78, 5) is 43.4. The van der Waals surface area contributed by atoms with Crippen molar-refractivity contribution < 1.29 is 23.5 Å². The highest BCUT2D eigenvalue weighted by Crippen LogP contribution is 2.32. The number of hydrogen-bond acceptors (Lipinski definition) is 5. The molecular formula is C24H19FN4O4. The second-order valence-corrected chi connectivity index (χ2v) is 7.95. The maximum atomic E-state index is 13.5. The average molecular weight is 446 g/mol. The van der Waals surface area contributed by atoms with E-state index in [-0.39, 0.29) is 19.0 Å². The molecule has 0 unspecified atom stereocenters. The summed E-state index contributed by atoms with van der Waals surface area (Å²) in [5, 5.41) is 4.86. The molecule has 1 atom stereocenters. The molecule has 5 rings (SSSR count). The molecule has 2 aliphatic heterocycles. The van der Waals surface area contributed by atoms with E-state index in [1.54, 1.807) is 30.6 Å². The van der Waals surface area contributed by atoms with Gasteiger partial charge in [0.05, 0.1) is 6.54 Å². The smallest absolute Gasteiger partial charge is 0.322 e. The van der Waals surface area contributed by atoms with Gasteiger partial charge >= 0.3 is 6.03 Å². The summed E-state index contributed by atoms with van der Waals surface area (Å²) >= 11 is 0. The SMILES string of the molecule is O=C1NC(=O)[C@](CN2Cc3cc(OCc4cccnc4)ccc3C2=O)(c2ccc(F)cc2)N1. The maximum absolute atomic E-state index is 13.5. The number of benzene rings is 2. The number of nitrogens with zero attached hydrogens (tertiary/aromatic N) is 2. The Balaban J connectivity index is 1.37. The lowest BCUT2D eigenvalue weighted by molar-refractivity contribution is -0.124. The Morgan fingerprint density at radius 2 is 1.91 bits per heavy atom. The number of nitrogens with one attached hydrogen (secondary N) is 2. The first-order valence-electron chi connectivity index (χ1n) is 10.3. The fourth-order valence-corrected chi connectivity index (χ4v) is 4.14. The topological polar surface area (TPSA) is 101 Å². The summed E-state index contributed by atoms with van der Waals surface area (Å²) in [5.74, 6) is -0.725. The lowest BCUT2D eigenvalue weighted by Gasteiger charge is -2.31. The van der Waals surface area contributed by atoms with Gasteiger partial charge in [0.1, 0.15) is 18.2 Å². The van der Waals surface area contributed by atoms with Crippen LogP contribution in [0.4, 0.5) is 9.18 Å². The average Bonchev–Trinajstić information content (AvgIpc) is 3.28. The van der Waals surface area contributed by atoms with Gasteiger partial charge in [0, 0.05) is 30.1 Å². The maximum Gasteiger partial charge on any atom is 0.322 e. The van der Waals surface area contributed by atoms with Gasteiger partial charge in [-0.25, -0.2) is 9.18 Å². The van der Waals surface area contributed by atoms with E-state index in [4.69, 9.17) is 4.74 Å². The van der Waals surface area contributed by atoms with Crippen molar-refractivity contribution in [2.75, 3.05) is 6.54 Å². The Labute approximate surface area is 188 Å². The molecule has 166 valence electrons. The van der Waals surface area contributed by atoms with Gasteiger partial charge in [0.25, 0.3) is 11.8 Å². The molecule has 0 spiro atoms. The highest BCUT2D eigenvalue weighted by atomic mass is 19.1. The van der Waals surface area contributed by atoms with Crippen LogP contribution in [0.3, 0.4) is 0 Å². The molecule has 1 saturated heterocycles. The molecule has 0 saturated carbocycles. The molecule has 2 aliphatic rings. The molecule has 33 heavy (non-hydrogen) atoms. The summed E-state index contributed by atoms with van der Waals surface area (Å²) in [6.45, 7) is 0.476. The van der Waals surface area contributed by atoms with Crippen LogP contribution in [0.15, 0.2) is 67.0 Å². The van der Waals surface area contributed by atoms with E-state index < -0.39 is 23.3 Å². The molecule has 0 bridgehead atoms. The van der Waals surface area contributed by atoms with Crippen molar-refractivity contribution in [1.82, 2.24) is 20.5 Å². The number of ether oxygens (including phenoxy) is 1. The first-order valence-corrected chi connectivity index (χ1v) is 10.3. The summed E-state index contributed by atoms with van der Waals surface area (Å²) in [6.07, 6.45) is 3.40. The first kappa shape index (κ1) is 20.6. The summed E-state index contributed by atoms with van der Waals surface area (Å²) in [7, 11) is 0. The number of hydrogen-bond donors (Lipinski definition) is 2. The molecule has 0 radical (unpaired) electrons. The molecule has 4 amide bonds. The number of rotatable bonds is 6. The number of carbonyl (C=O) groups excluding carboxylic acids is 3. The van der Waals surface area contributed by atoms with Crippen LogP contribution in [0.5, 0.6) is 5.75 Å². The number of urea groups is 1. The molecule has 0 aliphatic carbocycles. The minimum absolute atomic E-state index is 0.102. The lowest BCUT2D eigenvalue weighted by Crippen LogP contribution is -2.52. The van der Waals surface area contributed by atoms with Gasteiger partial charge in [-0.15, -0.1) is 0 Å². The van der Waals surface area contributed by atoms with E-state index >= 15 is 0 Å². The predicted octanol–water partition coefficient (Wildman–Crippen LogP) is 2.49. The third-order valence-electron chi connectivity index (χ3n) is 5.79. The van der Waals surface area contributed by atoms with Crippen LogP contribution in [0.1, 0.15) is 27.0 Å². The summed E-state index contributed by atoms with van der Waals surface area (Å²) in [6, 6.07) is 13.5. The van der Waals surface area contributed by atoms with Crippen LogP contribution < -0.4 is 15.4 Å². The first-order chi connectivity index (χ1) is 15.9. The van der Waals surface area contributed by atoms with Crippen molar-refractivity contribution in [1.29, 1.82) is 0 Å². The molecule has 8 nitrogen and oxygen atoms in total. The molecule has 3 heterocycles. The Kier molecular flexibility index (Phi) is 5.01. The molecule has 1 fully saturated rings. The van der Waals surface area contributed by atoms with E-state index in [0.717, 1.165) is 11.1 Å². The van der Waals surface area contributed by atoms with Gasteiger partial charge in [-0.1, -0.05) is 18.2 Å². The predicted molar refractivity (Wildman–Crippen MR) is 115 cm³/mol. The summed E-state index contributed by atoms with van der Waals surface area (Å²) in [5.41, 5.74) is 1.05. The van der Waals surface area contributed by atoms with Gasteiger partial charge in [-0.2, -0.15) is 0 Å². The molecule has 1 aromatic heterocycles. The number of pyridine rings is 1. The second kappa shape index (κ2) is 8.01. The Bertz CT molecular complexity index is 1250. The zero-order chi connectivity index (χ0) is 23.0. The van der Waals surface area contributed by atoms with Crippen LogP contribution >= 0.6 is 0 Å². The van der Waals surface area contributed by atoms with Crippen molar-refractivity contribution in [2.45, 2.75) is 18.7 Å². The van der Waals surface area contributed by atoms with E-state index in [1.807, 2.05) is 12.1 Å². The molecular weight excluding hydrogens is 427 g/mol. The third kappa shape index (κ3) is 3.78. The van der Waals surface area contributed by atoms with E-state index in [9.17, 15) is 18.8 Å². The van der Waals surface area contributed by atoms with Crippen LogP contribution in [-0.2, 0) is 23.5 Å². The van der Waals surface area contributed by atoms with Crippen molar-refractivity contribution in [3.8, 4) is 5.75 Å². The zero-order valence-corrected chi connectivity index (χ0v) is 17.4. The number of fused-ring (bicyclic) bond motifs is 1. The third-order valence-corrected chi connectivity index (χ3v) is 5.79. The van der Waals surface area contributed by atoms with Gasteiger partial charge < -0.3 is 15.0 Å². The lowest BCUT2D eigenvalue weighted by atomic mass is 9.89. The van der Waals surface area contributed by atoms with E-state index in [1.165, 1.54) is 29.2 Å².